The van der Waals surface area contributed by atoms with Crippen LogP contribution in [0.2, 0.25) is 0 Å². The molecule has 4 unspecified atom stereocenters. The van der Waals surface area contributed by atoms with Crippen LogP contribution in [0.25, 0.3) is 0 Å². The minimum atomic E-state index is -1.05. The van der Waals surface area contributed by atoms with Crippen molar-refractivity contribution < 1.29 is 19.4 Å². The first-order valence-corrected chi connectivity index (χ1v) is 7.09. The van der Waals surface area contributed by atoms with Gasteiger partial charge in [-0.25, -0.2) is 4.79 Å². The minimum Gasteiger partial charge on any atom is -0.480 e. The van der Waals surface area contributed by atoms with Crippen LogP contribution in [0.3, 0.4) is 0 Å². The third-order valence-electron chi connectivity index (χ3n) is 3.34. The van der Waals surface area contributed by atoms with Gasteiger partial charge in [-0.3, -0.25) is 4.79 Å². The number of aliphatic carboxylic acids is 1. The molecule has 0 heterocycles. The topological polar surface area (TPSA) is 63.6 Å². The number of carbonyl (C=O) groups excluding carboxylic acids is 1. The largest absolute Gasteiger partial charge is 0.480 e. The third kappa shape index (κ3) is 4.20. The van der Waals surface area contributed by atoms with E-state index >= 15 is 0 Å². The monoisotopic (exact) mass is 308 g/mol. The number of allylic oxidation sites excluding steroid dienone is 1. The van der Waals surface area contributed by atoms with Gasteiger partial charge in [0.2, 0.25) is 0 Å². The van der Waals surface area contributed by atoms with Gasteiger partial charge in [0.15, 0.2) is 5.78 Å². The molecule has 1 fully saturated rings. The van der Waals surface area contributed by atoms with Crippen LogP contribution in [0.15, 0.2) is 12.2 Å². The Morgan fingerprint density at radius 2 is 1.95 bits per heavy atom. The summed E-state index contributed by atoms with van der Waals surface area (Å²) in [4.78, 5) is 22.5. The molecule has 0 aromatic rings. The fourth-order valence-corrected chi connectivity index (χ4v) is 2.93. The Bertz CT molecular complexity index is 370. The molecule has 108 valence electrons. The molecule has 0 aromatic heterocycles. The van der Waals surface area contributed by atoms with Gasteiger partial charge in [0.05, 0.1) is 16.9 Å². The van der Waals surface area contributed by atoms with E-state index in [4.69, 9.17) is 33.0 Å². The van der Waals surface area contributed by atoms with E-state index in [1.807, 2.05) is 6.92 Å². The molecule has 1 rings (SSSR count). The zero-order chi connectivity index (χ0) is 14.6. The minimum absolute atomic E-state index is 0.0511. The quantitative estimate of drug-likeness (QED) is 0.605. The van der Waals surface area contributed by atoms with Gasteiger partial charge in [0.25, 0.3) is 0 Å². The molecule has 1 aliphatic rings. The zero-order valence-electron chi connectivity index (χ0n) is 10.8. The summed E-state index contributed by atoms with van der Waals surface area (Å²) in [6, 6.07) is 0. The fraction of sp³-hybridized carbons (Fsp3) is 0.692. The van der Waals surface area contributed by atoms with Crippen molar-refractivity contribution in [1.29, 1.82) is 0 Å². The van der Waals surface area contributed by atoms with Crippen molar-refractivity contribution in [2.75, 3.05) is 6.61 Å². The number of Topliss-reactive ketones (excluding diaryl/α,β-unsaturated/α-hetero) is 1. The zero-order valence-corrected chi connectivity index (χ0v) is 12.3. The van der Waals surface area contributed by atoms with E-state index in [0.29, 0.717) is 24.8 Å². The van der Waals surface area contributed by atoms with Crippen LogP contribution in [0.5, 0.6) is 0 Å². The smallest absolute Gasteiger partial charge is 0.329 e. The molecule has 1 N–H and O–H groups in total. The first-order chi connectivity index (χ1) is 8.88. The molecule has 0 aromatic carbocycles. The molecule has 1 aliphatic carbocycles. The van der Waals surface area contributed by atoms with Gasteiger partial charge in [-0.15, -0.1) is 23.2 Å². The van der Waals surface area contributed by atoms with Crippen LogP contribution in [-0.2, 0) is 14.3 Å². The molecule has 0 aliphatic heterocycles. The van der Waals surface area contributed by atoms with Crippen molar-refractivity contribution in [2.24, 2.45) is 5.92 Å². The van der Waals surface area contributed by atoms with Gasteiger partial charge in [0.1, 0.15) is 6.61 Å². The number of ether oxygens (including phenoxy) is 1. The molecule has 0 radical (unpaired) electrons. The standard InChI is InChI=1S/C13H18Cl2O4/c1-3-7(2)13(18)8-4-5-9(12(15)11(8)14)19-6-10(16)17/h8-9,11-12H,2-6H2,1H3,(H,16,17). The first-order valence-electron chi connectivity index (χ1n) is 6.22. The molecule has 1 saturated carbocycles. The molecule has 4 atom stereocenters. The molecule has 19 heavy (non-hydrogen) atoms. The molecular weight excluding hydrogens is 291 g/mol. The fourth-order valence-electron chi connectivity index (χ4n) is 2.15. The van der Waals surface area contributed by atoms with Crippen molar-refractivity contribution in [3.05, 3.63) is 12.2 Å². The molecule has 6 heteroatoms. The number of carboxylic acids is 1. The van der Waals surface area contributed by atoms with Crippen molar-refractivity contribution in [3.8, 4) is 0 Å². The number of carboxylic acid groups (broad SMARTS) is 1. The van der Waals surface area contributed by atoms with Crippen molar-refractivity contribution in [1.82, 2.24) is 0 Å². The van der Waals surface area contributed by atoms with Crippen LogP contribution in [0.1, 0.15) is 26.2 Å². The second kappa shape index (κ2) is 7.27. The van der Waals surface area contributed by atoms with Gasteiger partial charge in [0, 0.05) is 5.92 Å². The number of rotatable bonds is 6. The normalized spacial score (nSPS) is 30.9. The van der Waals surface area contributed by atoms with E-state index in [0.717, 1.165) is 0 Å². The van der Waals surface area contributed by atoms with E-state index in [9.17, 15) is 9.59 Å². The van der Waals surface area contributed by atoms with Crippen molar-refractivity contribution >= 4 is 35.0 Å². The van der Waals surface area contributed by atoms with Gasteiger partial charge in [-0.05, 0) is 24.8 Å². The lowest BCUT2D eigenvalue weighted by molar-refractivity contribution is -0.145. The van der Waals surface area contributed by atoms with Gasteiger partial charge in [-0.2, -0.15) is 0 Å². The lowest BCUT2D eigenvalue weighted by Gasteiger charge is -2.36. The van der Waals surface area contributed by atoms with Crippen LogP contribution >= 0.6 is 23.2 Å². The highest BCUT2D eigenvalue weighted by Crippen LogP contribution is 2.36. The third-order valence-corrected chi connectivity index (χ3v) is 4.60. The average molecular weight is 309 g/mol. The number of halogens is 2. The molecule has 4 nitrogen and oxygen atoms in total. The van der Waals surface area contributed by atoms with Crippen LogP contribution in [-0.4, -0.2) is 40.3 Å². The Balaban J connectivity index is 2.63. The van der Waals surface area contributed by atoms with Crippen LogP contribution in [0.4, 0.5) is 0 Å². The summed E-state index contributed by atoms with van der Waals surface area (Å²) in [7, 11) is 0. The van der Waals surface area contributed by atoms with Gasteiger partial charge < -0.3 is 9.84 Å². The predicted octanol–water partition coefficient (Wildman–Crippen LogP) is 2.62. The summed E-state index contributed by atoms with van der Waals surface area (Å²) in [6.07, 6.45) is 1.22. The van der Waals surface area contributed by atoms with Crippen molar-refractivity contribution in [3.63, 3.8) is 0 Å². The number of alkyl halides is 2. The lowest BCUT2D eigenvalue weighted by Crippen LogP contribution is -2.45. The van der Waals surface area contributed by atoms with Crippen molar-refractivity contribution in [2.45, 2.75) is 43.0 Å². The molecule has 0 bridgehead atoms. The van der Waals surface area contributed by atoms with E-state index in [1.165, 1.54) is 0 Å². The van der Waals surface area contributed by atoms with Gasteiger partial charge in [-0.1, -0.05) is 13.5 Å². The Labute approximate surface area is 122 Å². The first kappa shape index (κ1) is 16.5. The summed E-state index contributed by atoms with van der Waals surface area (Å²) in [5.74, 6) is -1.46. The lowest BCUT2D eigenvalue weighted by atomic mass is 9.81. The number of ketones is 1. The van der Waals surface area contributed by atoms with E-state index in [1.54, 1.807) is 0 Å². The summed E-state index contributed by atoms with van der Waals surface area (Å²) >= 11 is 12.4. The summed E-state index contributed by atoms with van der Waals surface area (Å²) in [6.45, 7) is 5.19. The van der Waals surface area contributed by atoms with E-state index < -0.39 is 29.4 Å². The maximum absolute atomic E-state index is 12.1. The number of hydrogen-bond acceptors (Lipinski definition) is 3. The highest BCUT2D eigenvalue weighted by molar-refractivity contribution is 6.31. The SMILES string of the molecule is C=C(CC)C(=O)C1CCC(OCC(=O)O)C(Cl)C1Cl. The molecule has 0 spiro atoms. The Morgan fingerprint density at radius 3 is 2.47 bits per heavy atom. The predicted molar refractivity (Wildman–Crippen MR) is 73.8 cm³/mol. The maximum atomic E-state index is 12.1. The van der Waals surface area contributed by atoms with E-state index in [-0.39, 0.29) is 11.7 Å². The Kier molecular flexibility index (Phi) is 6.30. The van der Waals surface area contributed by atoms with E-state index in [2.05, 4.69) is 6.58 Å². The molecular formula is C13H18Cl2O4. The highest BCUT2D eigenvalue weighted by atomic mass is 35.5. The average Bonchev–Trinajstić information content (AvgIpc) is 2.38. The number of hydrogen-bond donors (Lipinski definition) is 1. The molecule has 0 amide bonds. The second-order valence-corrected chi connectivity index (χ2v) is 5.65. The summed E-state index contributed by atoms with van der Waals surface area (Å²) < 4.78 is 5.19. The van der Waals surface area contributed by atoms with Crippen LogP contribution < -0.4 is 0 Å². The second-order valence-electron chi connectivity index (χ2n) is 4.64. The van der Waals surface area contributed by atoms with Crippen LogP contribution in [0, 0.1) is 5.92 Å². The Morgan fingerprint density at radius 1 is 1.32 bits per heavy atom. The Hall–Kier alpha value is -0.580. The molecule has 0 saturated heterocycles. The number of carbonyl (C=O) groups is 2. The highest BCUT2D eigenvalue weighted by Gasteiger charge is 2.41. The summed E-state index contributed by atoms with van der Waals surface area (Å²) in [5, 5.41) is 7.43. The summed E-state index contributed by atoms with van der Waals surface area (Å²) in [5.41, 5.74) is 0.546. The van der Waals surface area contributed by atoms with Gasteiger partial charge >= 0.3 is 5.97 Å². The maximum Gasteiger partial charge on any atom is 0.329 e.